The molecule has 1 saturated heterocycles. The van der Waals surface area contributed by atoms with Crippen molar-refractivity contribution in [1.29, 1.82) is 0 Å². The van der Waals surface area contributed by atoms with Crippen LogP contribution < -0.4 is 5.32 Å². The van der Waals surface area contributed by atoms with Gasteiger partial charge < -0.3 is 15.2 Å². The monoisotopic (exact) mass is 201 g/mol. The second-order valence-electron chi connectivity index (χ2n) is 4.42. The summed E-state index contributed by atoms with van der Waals surface area (Å²) in [5.74, 6) is 0.325. The van der Waals surface area contributed by atoms with E-state index in [1.165, 1.54) is 0 Å². The Bertz CT molecular complexity index is 153. The fourth-order valence-corrected chi connectivity index (χ4v) is 1.87. The summed E-state index contributed by atoms with van der Waals surface area (Å²) in [6.07, 6.45) is 2.97. The molecule has 0 amide bonds. The molecule has 0 aliphatic carbocycles. The zero-order chi connectivity index (χ0) is 10.4. The third-order valence-electron chi connectivity index (χ3n) is 3.04. The molecule has 1 fully saturated rings. The highest BCUT2D eigenvalue weighted by Gasteiger charge is 2.33. The molecule has 1 aliphatic heterocycles. The van der Waals surface area contributed by atoms with E-state index in [1.54, 1.807) is 0 Å². The number of hydrogen-bond donors (Lipinski definition) is 2. The van der Waals surface area contributed by atoms with E-state index in [0.29, 0.717) is 5.92 Å². The summed E-state index contributed by atoms with van der Waals surface area (Å²) in [5, 5.41) is 13.5. The van der Waals surface area contributed by atoms with Crippen LogP contribution in [0.5, 0.6) is 0 Å². The topological polar surface area (TPSA) is 41.5 Å². The molecule has 1 rings (SSSR count). The Balaban J connectivity index is 2.19. The van der Waals surface area contributed by atoms with Crippen molar-refractivity contribution in [2.75, 3.05) is 26.3 Å². The summed E-state index contributed by atoms with van der Waals surface area (Å²) in [7, 11) is 0. The molecule has 84 valence electrons. The molecule has 2 unspecified atom stereocenters. The molecule has 3 heteroatoms. The molecule has 1 heterocycles. The van der Waals surface area contributed by atoms with Crippen molar-refractivity contribution in [3.05, 3.63) is 0 Å². The lowest BCUT2D eigenvalue weighted by Gasteiger charge is -2.29. The molecular weight excluding hydrogens is 178 g/mol. The largest absolute Gasteiger partial charge is 0.390 e. The summed E-state index contributed by atoms with van der Waals surface area (Å²) in [5.41, 5.74) is -0.558. The van der Waals surface area contributed by atoms with Gasteiger partial charge >= 0.3 is 0 Å². The number of rotatable bonds is 6. The predicted molar refractivity (Wildman–Crippen MR) is 57.3 cm³/mol. The van der Waals surface area contributed by atoms with Crippen LogP contribution in [0.15, 0.2) is 0 Å². The minimum absolute atomic E-state index is 0.325. The van der Waals surface area contributed by atoms with Crippen LogP contribution in [0.1, 0.15) is 33.1 Å². The van der Waals surface area contributed by atoms with Crippen LogP contribution in [0.4, 0.5) is 0 Å². The van der Waals surface area contributed by atoms with Gasteiger partial charge in [0.1, 0.15) is 0 Å². The Hall–Kier alpha value is -0.120. The van der Waals surface area contributed by atoms with Gasteiger partial charge in [0.25, 0.3) is 0 Å². The molecular formula is C11H23NO2. The van der Waals surface area contributed by atoms with Crippen LogP contribution in [-0.2, 0) is 4.74 Å². The van der Waals surface area contributed by atoms with Gasteiger partial charge in [-0.25, -0.2) is 0 Å². The second kappa shape index (κ2) is 5.69. The van der Waals surface area contributed by atoms with Crippen molar-refractivity contribution >= 4 is 0 Å². The molecule has 14 heavy (non-hydrogen) atoms. The van der Waals surface area contributed by atoms with Crippen LogP contribution in [0.25, 0.3) is 0 Å². The first kappa shape index (κ1) is 12.0. The summed E-state index contributed by atoms with van der Waals surface area (Å²) in [6, 6.07) is 0. The molecule has 1 aliphatic rings. The fourth-order valence-electron chi connectivity index (χ4n) is 1.87. The van der Waals surface area contributed by atoms with Gasteiger partial charge in [-0.2, -0.15) is 0 Å². The first-order valence-electron chi connectivity index (χ1n) is 5.67. The molecule has 3 nitrogen and oxygen atoms in total. The Morgan fingerprint density at radius 2 is 2.29 bits per heavy atom. The maximum Gasteiger partial charge on any atom is 0.0682 e. The Morgan fingerprint density at radius 3 is 2.86 bits per heavy atom. The minimum atomic E-state index is -0.558. The smallest absolute Gasteiger partial charge is 0.0682 e. The standard InChI is InChI=1S/C11H23NO2/c1-3-6-12-7-5-11(2,13)10-4-8-14-9-10/h10,12-13H,3-9H2,1-2H3. The van der Waals surface area contributed by atoms with E-state index in [2.05, 4.69) is 12.2 Å². The van der Waals surface area contributed by atoms with Gasteiger partial charge in [0, 0.05) is 12.5 Å². The maximum atomic E-state index is 10.2. The molecule has 0 spiro atoms. The second-order valence-corrected chi connectivity index (χ2v) is 4.42. The fraction of sp³-hybridized carbons (Fsp3) is 1.00. The van der Waals surface area contributed by atoms with E-state index in [9.17, 15) is 5.11 Å². The Labute approximate surface area is 86.8 Å². The average molecular weight is 201 g/mol. The van der Waals surface area contributed by atoms with Gasteiger partial charge in [-0.3, -0.25) is 0 Å². The van der Waals surface area contributed by atoms with Crippen LogP contribution in [0.2, 0.25) is 0 Å². The minimum Gasteiger partial charge on any atom is -0.390 e. The highest BCUT2D eigenvalue weighted by Crippen LogP contribution is 2.27. The van der Waals surface area contributed by atoms with Gasteiger partial charge in [-0.1, -0.05) is 6.92 Å². The third kappa shape index (κ3) is 3.56. The maximum absolute atomic E-state index is 10.2. The lowest BCUT2D eigenvalue weighted by molar-refractivity contribution is -0.0117. The SMILES string of the molecule is CCCNCCC(C)(O)C1CCOC1. The molecule has 0 bridgehead atoms. The van der Waals surface area contributed by atoms with Gasteiger partial charge in [0.05, 0.1) is 12.2 Å². The van der Waals surface area contributed by atoms with Crippen molar-refractivity contribution in [2.24, 2.45) is 5.92 Å². The van der Waals surface area contributed by atoms with Crippen molar-refractivity contribution in [3.63, 3.8) is 0 Å². The predicted octanol–water partition coefficient (Wildman–Crippen LogP) is 1.16. The van der Waals surface area contributed by atoms with Crippen LogP contribution in [0, 0.1) is 5.92 Å². The lowest BCUT2D eigenvalue weighted by atomic mass is 9.86. The first-order chi connectivity index (χ1) is 6.67. The molecule has 0 aromatic rings. The normalized spacial score (nSPS) is 26.4. The number of ether oxygens (including phenoxy) is 1. The highest BCUT2D eigenvalue weighted by molar-refractivity contribution is 4.84. The summed E-state index contributed by atoms with van der Waals surface area (Å²) in [4.78, 5) is 0. The lowest BCUT2D eigenvalue weighted by Crippen LogP contribution is -2.38. The summed E-state index contributed by atoms with van der Waals surface area (Å²) in [6.45, 7) is 7.55. The quantitative estimate of drug-likeness (QED) is 0.634. The van der Waals surface area contributed by atoms with Gasteiger partial charge in [-0.05, 0) is 39.3 Å². The molecule has 0 saturated carbocycles. The number of aliphatic hydroxyl groups is 1. The van der Waals surface area contributed by atoms with E-state index in [4.69, 9.17) is 4.74 Å². The Kier molecular flexibility index (Phi) is 4.85. The van der Waals surface area contributed by atoms with Crippen molar-refractivity contribution < 1.29 is 9.84 Å². The molecule has 0 aromatic heterocycles. The zero-order valence-electron chi connectivity index (χ0n) is 9.38. The summed E-state index contributed by atoms with van der Waals surface area (Å²) >= 11 is 0. The van der Waals surface area contributed by atoms with E-state index in [-0.39, 0.29) is 0 Å². The summed E-state index contributed by atoms with van der Waals surface area (Å²) < 4.78 is 5.29. The Morgan fingerprint density at radius 1 is 1.50 bits per heavy atom. The highest BCUT2D eigenvalue weighted by atomic mass is 16.5. The van der Waals surface area contributed by atoms with Crippen LogP contribution in [0.3, 0.4) is 0 Å². The van der Waals surface area contributed by atoms with Gasteiger partial charge in [0.2, 0.25) is 0 Å². The number of nitrogens with one attached hydrogen (secondary N) is 1. The molecule has 2 atom stereocenters. The van der Waals surface area contributed by atoms with Crippen LogP contribution in [-0.4, -0.2) is 37.0 Å². The van der Waals surface area contributed by atoms with E-state index in [0.717, 1.165) is 45.6 Å². The zero-order valence-corrected chi connectivity index (χ0v) is 9.38. The van der Waals surface area contributed by atoms with E-state index < -0.39 is 5.60 Å². The van der Waals surface area contributed by atoms with E-state index in [1.807, 2.05) is 6.92 Å². The molecule has 0 aromatic carbocycles. The molecule has 0 radical (unpaired) electrons. The van der Waals surface area contributed by atoms with Gasteiger partial charge in [0.15, 0.2) is 0 Å². The van der Waals surface area contributed by atoms with Crippen molar-refractivity contribution in [3.8, 4) is 0 Å². The van der Waals surface area contributed by atoms with Crippen LogP contribution >= 0.6 is 0 Å². The van der Waals surface area contributed by atoms with Crippen molar-refractivity contribution in [1.82, 2.24) is 5.32 Å². The third-order valence-corrected chi connectivity index (χ3v) is 3.04. The van der Waals surface area contributed by atoms with Crippen molar-refractivity contribution in [2.45, 2.75) is 38.7 Å². The molecule has 2 N–H and O–H groups in total. The van der Waals surface area contributed by atoms with E-state index >= 15 is 0 Å². The number of hydrogen-bond acceptors (Lipinski definition) is 3. The first-order valence-corrected chi connectivity index (χ1v) is 5.67. The average Bonchev–Trinajstić information content (AvgIpc) is 2.65. The van der Waals surface area contributed by atoms with Gasteiger partial charge in [-0.15, -0.1) is 0 Å².